The number of hydrogen-bond donors (Lipinski definition) is 2. The summed E-state index contributed by atoms with van der Waals surface area (Å²) in [5.41, 5.74) is 1.28. The molecular formula is C15H22N2O. The van der Waals surface area contributed by atoms with Crippen LogP contribution in [0.5, 0.6) is 0 Å². The van der Waals surface area contributed by atoms with Gasteiger partial charge in [0.1, 0.15) is 0 Å². The van der Waals surface area contributed by atoms with Crippen LogP contribution in [0.3, 0.4) is 0 Å². The molecule has 1 aromatic rings. The van der Waals surface area contributed by atoms with Crippen LogP contribution in [0.1, 0.15) is 31.2 Å². The van der Waals surface area contributed by atoms with Gasteiger partial charge in [-0.05, 0) is 37.4 Å². The molecule has 18 heavy (non-hydrogen) atoms. The molecule has 1 amide bonds. The minimum Gasteiger partial charge on any atom is -0.355 e. The molecule has 1 fully saturated rings. The fraction of sp³-hybridized carbons (Fsp3) is 0.533. The van der Waals surface area contributed by atoms with Crippen LogP contribution < -0.4 is 10.6 Å². The second kappa shape index (κ2) is 6.55. The van der Waals surface area contributed by atoms with Crippen molar-refractivity contribution >= 4 is 5.91 Å². The standard InChI is InChI=1S/C15H22N2O/c1-12(13-5-3-2-4-6-13)11-17-15(18)14-7-9-16-10-8-14/h2-6,12,14,16H,7-11H2,1H3,(H,17,18). The maximum Gasteiger partial charge on any atom is 0.223 e. The van der Waals surface area contributed by atoms with Crippen molar-refractivity contribution in [2.75, 3.05) is 19.6 Å². The molecule has 2 rings (SSSR count). The van der Waals surface area contributed by atoms with Gasteiger partial charge in [-0.2, -0.15) is 0 Å². The van der Waals surface area contributed by atoms with Crippen LogP contribution in [0, 0.1) is 5.92 Å². The Kier molecular flexibility index (Phi) is 4.76. The largest absolute Gasteiger partial charge is 0.355 e. The highest BCUT2D eigenvalue weighted by Gasteiger charge is 2.20. The van der Waals surface area contributed by atoms with Crippen molar-refractivity contribution in [1.29, 1.82) is 0 Å². The highest BCUT2D eigenvalue weighted by molar-refractivity contribution is 5.78. The van der Waals surface area contributed by atoms with Gasteiger partial charge in [-0.3, -0.25) is 4.79 Å². The summed E-state index contributed by atoms with van der Waals surface area (Å²) < 4.78 is 0. The Morgan fingerprint density at radius 1 is 1.33 bits per heavy atom. The summed E-state index contributed by atoms with van der Waals surface area (Å²) in [6.07, 6.45) is 1.93. The van der Waals surface area contributed by atoms with Crippen molar-refractivity contribution in [3.8, 4) is 0 Å². The van der Waals surface area contributed by atoms with Crippen LogP contribution in [0.25, 0.3) is 0 Å². The first-order chi connectivity index (χ1) is 8.77. The Morgan fingerprint density at radius 3 is 2.67 bits per heavy atom. The van der Waals surface area contributed by atoms with E-state index in [-0.39, 0.29) is 11.8 Å². The number of nitrogens with one attached hydrogen (secondary N) is 2. The Hall–Kier alpha value is -1.35. The van der Waals surface area contributed by atoms with Crippen molar-refractivity contribution in [2.24, 2.45) is 5.92 Å². The lowest BCUT2D eigenvalue weighted by Crippen LogP contribution is -2.39. The van der Waals surface area contributed by atoms with Gasteiger partial charge >= 0.3 is 0 Å². The highest BCUT2D eigenvalue weighted by atomic mass is 16.1. The summed E-state index contributed by atoms with van der Waals surface area (Å²) in [5.74, 6) is 0.797. The molecule has 0 aromatic heterocycles. The minimum absolute atomic E-state index is 0.203. The average Bonchev–Trinajstić information content (AvgIpc) is 2.46. The van der Waals surface area contributed by atoms with Crippen molar-refractivity contribution in [3.05, 3.63) is 35.9 Å². The number of piperidine rings is 1. The fourth-order valence-electron chi connectivity index (χ4n) is 2.38. The molecule has 1 aromatic carbocycles. The number of carbonyl (C=O) groups is 1. The molecule has 0 saturated carbocycles. The molecule has 0 bridgehead atoms. The normalized spacial score (nSPS) is 18.3. The summed E-state index contributed by atoms with van der Waals surface area (Å²) in [5, 5.41) is 6.36. The quantitative estimate of drug-likeness (QED) is 0.852. The summed E-state index contributed by atoms with van der Waals surface area (Å²) in [7, 11) is 0. The zero-order valence-electron chi connectivity index (χ0n) is 11.0. The van der Waals surface area contributed by atoms with E-state index in [9.17, 15) is 4.79 Å². The number of benzene rings is 1. The van der Waals surface area contributed by atoms with E-state index < -0.39 is 0 Å². The predicted octanol–water partition coefficient (Wildman–Crippen LogP) is 1.91. The van der Waals surface area contributed by atoms with Gasteiger partial charge in [0, 0.05) is 12.5 Å². The molecule has 1 aliphatic heterocycles. The first-order valence-electron chi connectivity index (χ1n) is 6.80. The van der Waals surface area contributed by atoms with E-state index in [1.807, 2.05) is 18.2 Å². The molecule has 2 N–H and O–H groups in total. The van der Waals surface area contributed by atoms with E-state index in [1.165, 1.54) is 5.56 Å². The van der Waals surface area contributed by atoms with E-state index in [4.69, 9.17) is 0 Å². The first kappa shape index (κ1) is 13.1. The lowest BCUT2D eigenvalue weighted by molar-refractivity contribution is -0.125. The van der Waals surface area contributed by atoms with E-state index in [0.29, 0.717) is 5.92 Å². The van der Waals surface area contributed by atoms with Gasteiger partial charge < -0.3 is 10.6 Å². The fourth-order valence-corrected chi connectivity index (χ4v) is 2.38. The van der Waals surface area contributed by atoms with E-state index in [1.54, 1.807) is 0 Å². The highest BCUT2D eigenvalue weighted by Crippen LogP contribution is 2.15. The van der Waals surface area contributed by atoms with Crippen LogP contribution in [-0.2, 0) is 4.79 Å². The molecule has 1 aliphatic rings. The van der Waals surface area contributed by atoms with Crippen LogP contribution >= 0.6 is 0 Å². The van der Waals surface area contributed by atoms with Crippen LogP contribution in [0.4, 0.5) is 0 Å². The number of rotatable bonds is 4. The van der Waals surface area contributed by atoms with Crippen molar-refractivity contribution in [3.63, 3.8) is 0 Å². The monoisotopic (exact) mass is 246 g/mol. The molecule has 1 saturated heterocycles. The maximum atomic E-state index is 12.0. The van der Waals surface area contributed by atoms with E-state index in [0.717, 1.165) is 32.5 Å². The zero-order chi connectivity index (χ0) is 12.8. The Balaban J connectivity index is 1.78. The molecule has 0 spiro atoms. The maximum absolute atomic E-state index is 12.0. The summed E-state index contributed by atoms with van der Waals surface area (Å²) >= 11 is 0. The van der Waals surface area contributed by atoms with E-state index >= 15 is 0 Å². The second-order valence-electron chi connectivity index (χ2n) is 5.08. The molecule has 1 atom stereocenters. The molecule has 98 valence electrons. The summed E-state index contributed by atoms with van der Waals surface area (Å²) in [6, 6.07) is 10.3. The van der Waals surface area contributed by atoms with Gasteiger partial charge in [-0.15, -0.1) is 0 Å². The molecule has 1 unspecified atom stereocenters. The smallest absolute Gasteiger partial charge is 0.223 e. The SMILES string of the molecule is CC(CNC(=O)C1CCNCC1)c1ccccc1. The predicted molar refractivity (Wildman–Crippen MR) is 73.5 cm³/mol. The molecule has 0 aliphatic carbocycles. The molecule has 1 heterocycles. The second-order valence-corrected chi connectivity index (χ2v) is 5.08. The van der Waals surface area contributed by atoms with Crippen molar-refractivity contribution in [1.82, 2.24) is 10.6 Å². The third kappa shape index (κ3) is 3.57. The van der Waals surface area contributed by atoms with Gasteiger partial charge in [-0.1, -0.05) is 37.3 Å². The lowest BCUT2D eigenvalue weighted by Gasteiger charge is -2.22. The molecule has 3 nitrogen and oxygen atoms in total. The summed E-state index contributed by atoms with van der Waals surface area (Å²) in [4.78, 5) is 12.0. The zero-order valence-corrected chi connectivity index (χ0v) is 11.0. The number of amides is 1. The van der Waals surface area contributed by atoms with Crippen molar-refractivity contribution in [2.45, 2.75) is 25.7 Å². The van der Waals surface area contributed by atoms with Gasteiger partial charge in [0.15, 0.2) is 0 Å². The third-order valence-corrected chi connectivity index (χ3v) is 3.66. The number of hydrogen-bond acceptors (Lipinski definition) is 2. The van der Waals surface area contributed by atoms with Gasteiger partial charge in [0.2, 0.25) is 5.91 Å². The Bertz CT molecular complexity index is 371. The van der Waals surface area contributed by atoms with Crippen LogP contribution in [0.2, 0.25) is 0 Å². The van der Waals surface area contributed by atoms with Gasteiger partial charge in [0.25, 0.3) is 0 Å². The topological polar surface area (TPSA) is 41.1 Å². The number of carbonyl (C=O) groups excluding carboxylic acids is 1. The lowest BCUT2D eigenvalue weighted by atomic mass is 9.96. The van der Waals surface area contributed by atoms with Crippen molar-refractivity contribution < 1.29 is 4.79 Å². The Labute approximate surface area is 109 Å². The van der Waals surface area contributed by atoms with Gasteiger partial charge in [0.05, 0.1) is 0 Å². The van der Waals surface area contributed by atoms with E-state index in [2.05, 4.69) is 29.7 Å². The average molecular weight is 246 g/mol. The molecule has 3 heteroatoms. The summed E-state index contributed by atoms with van der Waals surface area (Å²) in [6.45, 7) is 4.81. The molecular weight excluding hydrogens is 224 g/mol. The Morgan fingerprint density at radius 2 is 2.00 bits per heavy atom. The van der Waals surface area contributed by atoms with Crippen LogP contribution in [-0.4, -0.2) is 25.5 Å². The minimum atomic E-state index is 0.203. The van der Waals surface area contributed by atoms with Gasteiger partial charge in [-0.25, -0.2) is 0 Å². The van der Waals surface area contributed by atoms with Crippen LogP contribution in [0.15, 0.2) is 30.3 Å². The first-order valence-corrected chi connectivity index (χ1v) is 6.80. The third-order valence-electron chi connectivity index (χ3n) is 3.66. The molecule has 0 radical (unpaired) electrons.